The Morgan fingerprint density at radius 1 is 1.33 bits per heavy atom. The minimum absolute atomic E-state index is 0.343. The van der Waals surface area contributed by atoms with Crippen molar-refractivity contribution in [3.8, 4) is 0 Å². The zero-order valence-electron chi connectivity index (χ0n) is 9.70. The Hall–Kier alpha value is -2.01. The summed E-state index contributed by atoms with van der Waals surface area (Å²) in [7, 11) is 0. The zero-order valence-corrected chi connectivity index (χ0v) is 9.70. The molecule has 94 valence electrons. The van der Waals surface area contributed by atoms with Crippen LogP contribution < -0.4 is 0 Å². The molecule has 0 saturated heterocycles. The highest BCUT2D eigenvalue weighted by molar-refractivity contribution is 5.51. The van der Waals surface area contributed by atoms with Crippen molar-refractivity contribution in [3.63, 3.8) is 0 Å². The molecule has 3 heterocycles. The van der Waals surface area contributed by atoms with Crippen molar-refractivity contribution >= 4 is 5.76 Å². The second-order valence-corrected chi connectivity index (χ2v) is 4.04. The Morgan fingerprint density at radius 2 is 2.28 bits per heavy atom. The number of hydrogen-bond donors (Lipinski definition) is 1. The Balaban J connectivity index is 1.83. The lowest BCUT2D eigenvalue weighted by Gasteiger charge is -2.11. The second kappa shape index (κ2) is 4.70. The Labute approximate surface area is 104 Å². The standard InChI is InChI=1S/C13H13NO4/c15-12(9-5-3-7-16-9)11-8-14-13(18-11)10-4-1-2-6-17-10/h3-5,7-8,12,15H,1-2,6H2. The van der Waals surface area contributed by atoms with E-state index in [9.17, 15) is 5.11 Å². The zero-order chi connectivity index (χ0) is 12.4. The van der Waals surface area contributed by atoms with Gasteiger partial charge in [-0.15, -0.1) is 0 Å². The molecule has 3 rings (SSSR count). The average molecular weight is 247 g/mol. The highest BCUT2D eigenvalue weighted by atomic mass is 16.5. The molecule has 0 fully saturated rings. The first-order valence-corrected chi connectivity index (χ1v) is 5.85. The van der Waals surface area contributed by atoms with Gasteiger partial charge in [-0.2, -0.15) is 0 Å². The number of ether oxygens (including phenoxy) is 1. The molecule has 0 spiro atoms. The van der Waals surface area contributed by atoms with Crippen molar-refractivity contribution in [2.75, 3.05) is 6.61 Å². The molecule has 2 aromatic rings. The summed E-state index contributed by atoms with van der Waals surface area (Å²) in [5.74, 6) is 1.81. The van der Waals surface area contributed by atoms with Gasteiger partial charge in [-0.25, -0.2) is 4.98 Å². The first-order chi connectivity index (χ1) is 8.84. The summed E-state index contributed by atoms with van der Waals surface area (Å²) in [5.41, 5.74) is 0. The van der Waals surface area contributed by atoms with E-state index in [1.54, 1.807) is 12.1 Å². The van der Waals surface area contributed by atoms with E-state index in [1.807, 2.05) is 6.08 Å². The van der Waals surface area contributed by atoms with Crippen LogP contribution in [0.25, 0.3) is 5.76 Å². The highest BCUT2D eigenvalue weighted by Crippen LogP contribution is 2.26. The maximum atomic E-state index is 10.0. The lowest BCUT2D eigenvalue weighted by atomic mass is 10.2. The molecule has 1 aliphatic rings. The van der Waals surface area contributed by atoms with Crippen LogP contribution >= 0.6 is 0 Å². The van der Waals surface area contributed by atoms with Gasteiger partial charge in [0.05, 0.1) is 19.1 Å². The lowest BCUT2D eigenvalue weighted by molar-refractivity contribution is 0.159. The van der Waals surface area contributed by atoms with E-state index in [1.165, 1.54) is 12.5 Å². The van der Waals surface area contributed by atoms with E-state index in [-0.39, 0.29) is 0 Å². The largest absolute Gasteiger partial charge is 0.488 e. The quantitative estimate of drug-likeness (QED) is 0.902. The summed E-state index contributed by atoms with van der Waals surface area (Å²) in [6, 6.07) is 3.39. The first-order valence-electron chi connectivity index (χ1n) is 5.85. The maximum absolute atomic E-state index is 10.0. The molecule has 0 amide bonds. The molecule has 0 aromatic carbocycles. The Kier molecular flexibility index (Phi) is 2.90. The number of nitrogens with zero attached hydrogens (tertiary/aromatic N) is 1. The topological polar surface area (TPSA) is 68.6 Å². The molecule has 0 aliphatic carbocycles. The van der Waals surface area contributed by atoms with E-state index in [4.69, 9.17) is 13.6 Å². The molecular weight excluding hydrogens is 234 g/mol. The van der Waals surface area contributed by atoms with Gasteiger partial charge in [0.2, 0.25) is 0 Å². The van der Waals surface area contributed by atoms with Gasteiger partial charge in [0.1, 0.15) is 5.76 Å². The smallest absolute Gasteiger partial charge is 0.262 e. The normalized spacial score (nSPS) is 17.1. The van der Waals surface area contributed by atoms with Crippen molar-refractivity contribution in [1.82, 2.24) is 4.98 Å². The molecular formula is C13H13NO4. The van der Waals surface area contributed by atoms with E-state index in [0.717, 1.165) is 12.8 Å². The van der Waals surface area contributed by atoms with E-state index in [2.05, 4.69) is 4.98 Å². The predicted octanol–water partition coefficient (Wildman–Crippen LogP) is 2.50. The van der Waals surface area contributed by atoms with Crippen molar-refractivity contribution < 1.29 is 18.7 Å². The third-order valence-corrected chi connectivity index (χ3v) is 2.75. The van der Waals surface area contributed by atoms with Crippen LogP contribution in [-0.4, -0.2) is 16.7 Å². The van der Waals surface area contributed by atoms with Gasteiger partial charge < -0.3 is 18.7 Å². The van der Waals surface area contributed by atoms with Crippen molar-refractivity contribution in [2.45, 2.75) is 18.9 Å². The van der Waals surface area contributed by atoms with Gasteiger partial charge in [-0.3, -0.25) is 0 Å². The van der Waals surface area contributed by atoms with Crippen molar-refractivity contribution in [2.24, 2.45) is 0 Å². The lowest BCUT2D eigenvalue weighted by Crippen LogP contribution is -2.00. The number of aliphatic hydroxyl groups excluding tert-OH is 1. The van der Waals surface area contributed by atoms with Crippen LogP contribution in [0.5, 0.6) is 0 Å². The van der Waals surface area contributed by atoms with Crippen LogP contribution in [0, 0.1) is 0 Å². The predicted molar refractivity (Wildman–Crippen MR) is 62.4 cm³/mol. The summed E-state index contributed by atoms with van der Waals surface area (Å²) in [5, 5.41) is 10.0. The van der Waals surface area contributed by atoms with Crippen molar-refractivity contribution in [1.29, 1.82) is 0 Å². The molecule has 0 radical (unpaired) electrons. The molecule has 5 heteroatoms. The average Bonchev–Trinajstić information content (AvgIpc) is 3.10. The van der Waals surface area contributed by atoms with Crippen LogP contribution in [0.15, 0.2) is 39.5 Å². The summed E-state index contributed by atoms with van der Waals surface area (Å²) in [4.78, 5) is 4.11. The van der Waals surface area contributed by atoms with Gasteiger partial charge in [0.15, 0.2) is 17.6 Å². The molecule has 1 unspecified atom stereocenters. The van der Waals surface area contributed by atoms with E-state index < -0.39 is 6.10 Å². The summed E-state index contributed by atoms with van der Waals surface area (Å²) in [6.45, 7) is 0.671. The van der Waals surface area contributed by atoms with Crippen LogP contribution in [0.3, 0.4) is 0 Å². The van der Waals surface area contributed by atoms with Crippen LogP contribution in [0.2, 0.25) is 0 Å². The summed E-state index contributed by atoms with van der Waals surface area (Å²) in [6.07, 6.45) is 5.95. The molecule has 1 N–H and O–H groups in total. The van der Waals surface area contributed by atoms with Gasteiger partial charge in [-0.05, 0) is 31.1 Å². The Morgan fingerprint density at radius 3 is 3.00 bits per heavy atom. The fourth-order valence-electron chi connectivity index (χ4n) is 1.82. The number of hydrogen-bond acceptors (Lipinski definition) is 5. The maximum Gasteiger partial charge on any atom is 0.262 e. The first kappa shape index (κ1) is 11.1. The Bertz CT molecular complexity index is 541. The third-order valence-electron chi connectivity index (χ3n) is 2.75. The minimum atomic E-state index is -0.939. The van der Waals surface area contributed by atoms with Crippen molar-refractivity contribution in [3.05, 3.63) is 48.1 Å². The van der Waals surface area contributed by atoms with Gasteiger partial charge in [-0.1, -0.05) is 0 Å². The molecule has 0 bridgehead atoms. The third kappa shape index (κ3) is 2.04. The number of oxazole rings is 1. The number of aromatic nitrogens is 1. The second-order valence-electron chi connectivity index (χ2n) is 4.04. The van der Waals surface area contributed by atoms with Crippen LogP contribution in [-0.2, 0) is 4.74 Å². The van der Waals surface area contributed by atoms with E-state index in [0.29, 0.717) is 29.8 Å². The number of furan rings is 1. The molecule has 5 nitrogen and oxygen atoms in total. The minimum Gasteiger partial charge on any atom is -0.488 e. The summed E-state index contributed by atoms with van der Waals surface area (Å²) < 4.78 is 16.1. The molecule has 18 heavy (non-hydrogen) atoms. The van der Waals surface area contributed by atoms with Gasteiger partial charge in [0.25, 0.3) is 5.89 Å². The van der Waals surface area contributed by atoms with Crippen LogP contribution in [0.1, 0.15) is 36.4 Å². The molecule has 1 aliphatic heterocycles. The number of rotatable bonds is 3. The monoisotopic (exact) mass is 247 g/mol. The fraction of sp³-hybridized carbons (Fsp3) is 0.308. The fourth-order valence-corrected chi connectivity index (χ4v) is 1.82. The van der Waals surface area contributed by atoms with E-state index >= 15 is 0 Å². The molecule has 0 saturated carbocycles. The highest BCUT2D eigenvalue weighted by Gasteiger charge is 2.20. The number of aliphatic hydroxyl groups is 1. The van der Waals surface area contributed by atoms with Gasteiger partial charge in [0, 0.05) is 0 Å². The van der Waals surface area contributed by atoms with Gasteiger partial charge >= 0.3 is 0 Å². The molecule has 2 aromatic heterocycles. The SMILES string of the molecule is OC(c1ccco1)c1cnc(C2=CCCCO2)o1. The van der Waals surface area contributed by atoms with Crippen LogP contribution in [0.4, 0.5) is 0 Å². The summed E-state index contributed by atoms with van der Waals surface area (Å²) >= 11 is 0. The number of allylic oxidation sites excluding steroid dienone is 1. The molecule has 1 atom stereocenters.